The number of carboxylic acid groups (broad SMARTS) is 1. The highest BCUT2D eigenvalue weighted by Crippen LogP contribution is 2.31. The number of carboxylic acids is 1. The number of aromatic carboxylic acids is 1. The Morgan fingerprint density at radius 1 is 1.45 bits per heavy atom. The molecular formula is C13H17NO5S. The Morgan fingerprint density at radius 3 is 2.85 bits per heavy atom. The standard InChI is InChI=1S/C13H17NO5S/c1-19-7-2-8-20(17,18)14-6-5-10-9-11(13(15)16)3-4-12(10)14/h3-4,9H,2,5-8H2,1H3,(H,15,16). The SMILES string of the molecule is COCCCS(=O)(=O)N1CCc2cc(C(=O)O)ccc21. The van der Waals surface area contributed by atoms with Crippen molar-refractivity contribution in [2.24, 2.45) is 0 Å². The molecule has 0 saturated carbocycles. The van der Waals surface area contributed by atoms with Gasteiger partial charge in [0, 0.05) is 20.3 Å². The van der Waals surface area contributed by atoms with E-state index in [0.717, 1.165) is 5.56 Å². The lowest BCUT2D eigenvalue weighted by Gasteiger charge is -2.19. The summed E-state index contributed by atoms with van der Waals surface area (Å²) in [6.07, 6.45) is 0.984. The topological polar surface area (TPSA) is 83.9 Å². The second-order valence-electron chi connectivity index (χ2n) is 4.63. The predicted molar refractivity (Wildman–Crippen MR) is 74.7 cm³/mol. The summed E-state index contributed by atoms with van der Waals surface area (Å²) < 4.78 is 30.7. The molecule has 0 amide bonds. The molecule has 1 aliphatic heterocycles. The summed E-state index contributed by atoms with van der Waals surface area (Å²) in [6, 6.07) is 4.55. The molecule has 6 nitrogen and oxygen atoms in total. The van der Waals surface area contributed by atoms with Crippen LogP contribution in [0.15, 0.2) is 18.2 Å². The minimum absolute atomic E-state index is 0.0287. The van der Waals surface area contributed by atoms with Gasteiger partial charge in [-0.05, 0) is 36.6 Å². The van der Waals surface area contributed by atoms with Crippen molar-refractivity contribution in [1.82, 2.24) is 0 Å². The van der Waals surface area contributed by atoms with Gasteiger partial charge in [0.05, 0.1) is 17.0 Å². The molecule has 1 aliphatic rings. The third-order valence-electron chi connectivity index (χ3n) is 3.27. The number of benzene rings is 1. The van der Waals surface area contributed by atoms with E-state index in [4.69, 9.17) is 9.84 Å². The molecule has 1 aromatic rings. The molecule has 0 atom stereocenters. The molecule has 1 aromatic carbocycles. The van der Waals surface area contributed by atoms with Crippen molar-refractivity contribution in [3.8, 4) is 0 Å². The fourth-order valence-corrected chi connectivity index (χ4v) is 3.84. The van der Waals surface area contributed by atoms with E-state index in [1.165, 1.54) is 17.5 Å². The third kappa shape index (κ3) is 2.94. The van der Waals surface area contributed by atoms with E-state index >= 15 is 0 Å². The highest BCUT2D eigenvalue weighted by atomic mass is 32.2. The number of ether oxygens (including phenoxy) is 1. The van der Waals surface area contributed by atoms with Crippen LogP contribution >= 0.6 is 0 Å². The van der Waals surface area contributed by atoms with Gasteiger partial charge in [0.1, 0.15) is 0 Å². The van der Waals surface area contributed by atoms with E-state index < -0.39 is 16.0 Å². The van der Waals surface area contributed by atoms with E-state index in [1.54, 1.807) is 12.1 Å². The molecule has 1 heterocycles. The number of rotatable bonds is 6. The zero-order valence-corrected chi connectivity index (χ0v) is 12.0. The maximum atomic E-state index is 12.2. The van der Waals surface area contributed by atoms with Crippen LogP contribution in [0.5, 0.6) is 0 Å². The molecular weight excluding hydrogens is 282 g/mol. The van der Waals surface area contributed by atoms with Crippen molar-refractivity contribution in [2.45, 2.75) is 12.8 Å². The van der Waals surface area contributed by atoms with Crippen LogP contribution in [-0.4, -0.2) is 45.5 Å². The number of methoxy groups -OCH3 is 1. The van der Waals surface area contributed by atoms with Crippen molar-refractivity contribution in [2.75, 3.05) is 30.3 Å². The maximum Gasteiger partial charge on any atom is 0.335 e. The Bertz CT molecular complexity index is 611. The van der Waals surface area contributed by atoms with Gasteiger partial charge in [-0.3, -0.25) is 4.31 Å². The van der Waals surface area contributed by atoms with E-state index in [2.05, 4.69) is 0 Å². The highest BCUT2D eigenvalue weighted by Gasteiger charge is 2.29. The van der Waals surface area contributed by atoms with Gasteiger partial charge in [-0.2, -0.15) is 0 Å². The summed E-state index contributed by atoms with van der Waals surface area (Å²) in [6.45, 7) is 0.769. The van der Waals surface area contributed by atoms with Crippen molar-refractivity contribution < 1.29 is 23.1 Å². The second kappa shape index (κ2) is 5.80. The first-order valence-corrected chi connectivity index (χ1v) is 7.92. The first-order valence-electron chi connectivity index (χ1n) is 6.31. The monoisotopic (exact) mass is 299 g/mol. The first-order chi connectivity index (χ1) is 9.45. The second-order valence-corrected chi connectivity index (χ2v) is 6.65. The number of carbonyl (C=O) groups is 1. The fourth-order valence-electron chi connectivity index (χ4n) is 2.29. The molecule has 2 rings (SSSR count). The van der Waals surface area contributed by atoms with Gasteiger partial charge in [0.15, 0.2) is 0 Å². The lowest BCUT2D eigenvalue weighted by molar-refractivity contribution is 0.0697. The van der Waals surface area contributed by atoms with Crippen LogP contribution in [0.4, 0.5) is 5.69 Å². The summed E-state index contributed by atoms with van der Waals surface area (Å²) in [4.78, 5) is 10.9. The van der Waals surface area contributed by atoms with Crippen LogP contribution in [0.2, 0.25) is 0 Å². The van der Waals surface area contributed by atoms with E-state index in [9.17, 15) is 13.2 Å². The average Bonchev–Trinajstić information content (AvgIpc) is 2.82. The van der Waals surface area contributed by atoms with E-state index in [-0.39, 0.29) is 11.3 Å². The van der Waals surface area contributed by atoms with Gasteiger partial charge >= 0.3 is 5.97 Å². The first kappa shape index (κ1) is 14.8. The number of nitrogens with zero attached hydrogens (tertiary/aromatic N) is 1. The molecule has 20 heavy (non-hydrogen) atoms. The molecule has 0 radical (unpaired) electrons. The summed E-state index contributed by atoms with van der Waals surface area (Å²) in [5.41, 5.74) is 1.54. The summed E-state index contributed by atoms with van der Waals surface area (Å²) >= 11 is 0. The van der Waals surface area contributed by atoms with Crippen LogP contribution in [-0.2, 0) is 21.2 Å². The number of hydrogen-bond donors (Lipinski definition) is 1. The Hall–Kier alpha value is -1.60. The van der Waals surface area contributed by atoms with Crippen molar-refractivity contribution in [3.05, 3.63) is 29.3 Å². The van der Waals surface area contributed by atoms with Crippen LogP contribution < -0.4 is 4.31 Å². The van der Waals surface area contributed by atoms with Gasteiger partial charge in [-0.25, -0.2) is 13.2 Å². The van der Waals surface area contributed by atoms with E-state index in [1.807, 2.05) is 0 Å². The van der Waals surface area contributed by atoms with Gasteiger partial charge in [-0.1, -0.05) is 0 Å². The molecule has 0 aromatic heterocycles. The average molecular weight is 299 g/mol. The van der Waals surface area contributed by atoms with Crippen molar-refractivity contribution in [1.29, 1.82) is 0 Å². The maximum absolute atomic E-state index is 12.2. The Morgan fingerprint density at radius 2 is 2.20 bits per heavy atom. The Labute approximate surface area is 118 Å². The summed E-state index contributed by atoms with van der Waals surface area (Å²) in [5, 5.41) is 8.94. The van der Waals surface area contributed by atoms with Gasteiger partial charge < -0.3 is 9.84 Å². The Kier molecular flexibility index (Phi) is 4.29. The van der Waals surface area contributed by atoms with Crippen LogP contribution in [0.3, 0.4) is 0 Å². The van der Waals surface area contributed by atoms with E-state index in [0.29, 0.717) is 31.7 Å². The zero-order chi connectivity index (χ0) is 14.8. The van der Waals surface area contributed by atoms with Crippen LogP contribution in [0.25, 0.3) is 0 Å². The predicted octanol–water partition coefficient (Wildman–Crippen LogP) is 1.11. The molecule has 0 fully saturated rings. The number of hydrogen-bond acceptors (Lipinski definition) is 4. The normalized spacial score (nSPS) is 14.3. The summed E-state index contributed by atoms with van der Waals surface area (Å²) in [7, 11) is -1.84. The smallest absolute Gasteiger partial charge is 0.335 e. The lowest BCUT2D eigenvalue weighted by atomic mass is 10.1. The summed E-state index contributed by atoms with van der Waals surface area (Å²) in [5.74, 6) is -0.977. The molecule has 7 heteroatoms. The minimum Gasteiger partial charge on any atom is -0.478 e. The number of fused-ring (bicyclic) bond motifs is 1. The molecule has 0 bridgehead atoms. The lowest BCUT2D eigenvalue weighted by Crippen LogP contribution is -2.31. The molecule has 0 spiro atoms. The van der Waals surface area contributed by atoms with Gasteiger partial charge in [0.2, 0.25) is 10.0 Å². The quantitative estimate of drug-likeness (QED) is 0.796. The Balaban J connectivity index is 2.21. The van der Waals surface area contributed by atoms with Crippen LogP contribution in [0, 0.1) is 0 Å². The van der Waals surface area contributed by atoms with Gasteiger partial charge in [-0.15, -0.1) is 0 Å². The number of anilines is 1. The fraction of sp³-hybridized carbons (Fsp3) is 0.462. The minimum atomic E-state index is -3.37. The van der Waals surface area contributed by atoms with Gasteiger partial charge in [0.25, 0.3) is 0 Å². The highest BCUT2D eigenvalue weighted by molar-refractivity contribution is 7.92. The van der Waals surface area contributed by atoms with Crippen molar-refractivity contribution in [3.63, 3.8) is 0 Å². The van der Waals surface area contributed by atoms with Crippen molar-refractivity contribution >= 4 is 21.7 Å². The zero-order valence-electron chi connectivity index (χ0n) is 11.2. The van der Waals surface area contributed by atoms with Crippen LogP contribution in [0.1, 0.15) is 22.3 Å². The largest absolute Gasteiger partial charge is 0.478 e. The number of sulfonamides is 1. The molecule has 0 aliphatic carbocycles. The molecule has 0 saturated heterocycles. The molecule has 0 unspecified atom stereocenters. The molecule has 1 N–H and O–H groups in total. The molecule has 110 valence electrons. The third-order valence-corrected chi connectivity index (χ3v) is 5.12.